The predicted octanol–water partition coefficient (Wildman–Crippen LogP) is 1.57. The van der Waals surface area contributed by atoms with Crippen LogP contribution in [-0.2, 0) is 0 Å². The second-order valence-electron chi connectivity index (χ2n) is 4.65. The number of hydrogen-bond donors (Lipinski definition) is 1. The monoisotopic (exact) mass is 214 g/mol. The van der Waals surface area contributed by atoms with E-state index in [4.69, 9.17) is 0 Å². The molecule has 2 fully saturated rings. The Hall–Kier alpha value is 0.270. The van der Waals surface area contributed by atoms with Gasteiger partial charge in [-0.25, -0.2) is 0 Å². The van der Waals surface area contributed by atoms with Crippen LogP contribution in [0.1, 0.15) is 25.7 Å². The first-order valence-corrected chi connectivity index (χ1v) is 6.93. The second kappa shape index (κ2) is 5.38. The maximum atomic E-state index is 3.61. The molecule has 0 amide bonds. The summed E-state index contributed by atoms with van der Waals surface area (Å²) in [5.74, 6) is 1.31. The highest BCUT2D eigenvalue weighted by molar-refractivity contribution is 7.99. The molecule has 2 rings (SSSR count). The maximum absolute atomic E-state index is 3.61. The summed E-state index contributed by atoms with van der Waals surface area (Å²) in [6, 6.07) is 0.736. The van der Waals surface area contributed by atoms with Gasteiger partial charge in [0, 0.05) is 36.7 Å². The maximum Gasteiger partial charge on any atom is 0.0286 e. The largest absolute Gasteiger partial charge is 0.311 e. The number of hydrogen-bond acceptors (Lipinski definition) is 3. The number of likely N-dealkylation sites (N-methyl/N-ethyl adjacent to an activating group) is 1. The van der Waals surface area contributed by atoms with Gasteiger partial charge < -0.3 is 10.2 Å². The van der Waals surface area contributed by atoms with Crippen LogP contribution in [0, 0.1) is 0 Å². The van der Waals surface area contributed by atoms with Crippen molar-refractivity contribution < 1.29 is 0 Å². The van der Waals surface area contributed by atoms with Crippen LogP contribution in [-0.4, -0.2) is 48.6 Å². The molecule has 1 heterocycles. The Labute approximate surface area is 91.8 Å². The molecule has 0 bridgehead atoms. The van der Waals surface area contributed by atoms with Crippen LogP contribution in [0.15, 0.2) is 0 Å². The van der Waals surface area contributed by atoms with E-state index in [1.54, 1.807) is 0 Å². The van der Waals surface area contributed by atoms with Gasteiger partial charge in [0.2, 0.25) is 0 Å². The lowest BCUT2D eigenvalue weighted by Crippen LogP contribution is -2.50. The highest BCUT2D eigenvalue weighted by Gasteiger charge is 2.20. The lowest BCUT2D eigenvalue weighted by atomic mass is 10.2. The average molecular weight is 214 g/mol. The second-order valence-corrected chi connectivity index (χ2v) is 5.99. The molecule has 1 saturated carbocycles. The van der Waals surface area contributed by atoms with Crippen LogP contribution in [0.25, 0.3) is 0 Å². The van der Waals surface area contributed by atoms with Crippen molar-refractivity contribution in [3.63, 3.8) is 0 Å². The molecule has 3 heteroatoms. The summed E-state index contributed by atoms with van der Waals surface area (Å²) in [5.41, 5.74) is 0. The summed E-state index contributed by atoms with van der Waals surface area (Å²) in [4.78, 5) is 2.44. The van der Waals surface area contributed by atoms with Crippen LogP contribution in [0.5, 0.6) is 0 Å². The van der Waals surface area contributed by atoms with E-state index in [1.165, 1.54) is 51.1 Å². The van der Waals surface area contributed by atoms with Gasteiger partial charge in [-0.3, -0.25) is 0 Å². The molecule has 0 aromatic rings. The molecule has 1 saturated heterocycles. The Bertz CT molecular complexity index is 169. The van der Waals surface area contributed by atoms with Gasteiger partial charge in [0.1, 0.15) is 0 Å². The Morgan fingerprint density at radius 2 is 2.14 bits per heavy atom. The molecule has 0 radical (unpaired) electrons. The number of nitrogens with zero attached hydrogens (tertiary/aromatic N) is 1. The Morgan fingerprint density at radius 3 is 2.86 bits per heavy atom. The fourth-order valence-corrected chi connectivity index (χ4v) is 3.80. The lowest BCUT2D eigenvalue weighted by molar-refractivity contribution is 0.250. The average Bonchev–Trinajstić information content (AvgIpc) is 2.67. The van der Waals surface area contributed by atoms with Crippen LogP contribution in [0.4, 0.5) is 0 Å². The minimum Gasteiger partial charge on any atom is -0.311 e. The predicted molar refractivity (Wildman–Crippen MR) is 64.0 cm³/mol. The Morgan fingerprint density at radius 1 is 1.36 bits per heavy atom. The van der Waals surface area contributed by atoms with Crippen molar-refractivity contribution in [1.82, 2.24) is 10.2 Å². The van der Waals surface area contributed by atoms with Crippen molar-refractivity contribution in [2.75, 3.05) is 32.4 Å². The quantitative estimate of drug-likeness (QED) is 0.768. The molecular formula is C11H22N2S. The Balaban J connectivity index is 1.64. The van der Waals surface area contributed by atoms with E-state index in [-0.39, 0.29) is 0 Å². The van der Waals surface area contributed by atoms with Gasteiger partial charge in [-0.15, -0.1) is 0 Å². The fraction of sp³-hybridized carbons (Fsp3) is 1.00. The summed E-state index contributed by atoms with van der Waals surface area (Å²) in [7, 11) is 2.23. The topological polar surface area (TPSA) is 15.3 Å². The number of thioether (sulfide) groups is 1. The minimum atomic E-state index is 0.736. The van der Waals surface area contributed by atoms with Gasteiger partial charge in [-0.1, -0.05) is 12.8 Å². The van der Waals surface area contributed by atoms with Gasteiger partial charge in [0.15, 0.2) is 0 Å². The van der Waals surface area contributed by atoms with Crippen molar-refractivity contribution in [3.05, 3.63) is 0 Å². The van der Waals surface area contributed by atoms with Crippen molar-refractivity contribution in [3.8, 4) is 0 Å². The lowest BCUT2D eigenvalue weighted by Gasteiger charge is -2.31. The summed E-state index contributed by atoms with van der Waals surface area (Å²) in [6.07, 6.45) is 5.87. The third-order valence-corrected chi connectivity index (χ3v) is 4.83. The fourth-order valence-electron chi connectivity index (χ4n) is 2.41. The number of piperazine rings is 1. The zero-order valence-corrected chi connectivity index (χ0v) is 9.98. The molecule has 14 heavy (non-hydrogen) atoms. The molecule has 2 nitrogen and oxygen atoms in total. The van der Waals surface area contributed by atoms with E-state index < -0.39 is 0 Å². The van der Waals surface area contributed by atoms with Crippen LogP contribution in [0.3, 0.4) is 0 Å². The van der Waals surface area contributed by atoms with Crippen molar-refractivity contribution in [1.29, 1.82) is 0 Å². The summed E-state index contributed by atoms with van der Waals surface area (Å²) < 4.78 is 0. The van der Waals surface area contributed by atoms with Crippen molar-refractivity contribution in [2.24, 2.45) is 0 Å². The molecule has 1 unspecified atom stereocenters. The third kappa shape index (κ3) is 3.14. The molecular weight excluding hydrogens is 192 g/mol. The molecule has 2 aliphatic rings. The van der Waals surface area contributed by atoms with Gasteiger partial charge in [-0.2, -0.15) is 11.8 Å². The highest BCUT2D eigenvalue weighted by Crippen LogP contribution is 2.29. The molecule has 1 N–H and O–H groups in total. The van der Waals surface area contributed by atoms with Crippen LogP contribution < -0.4 is 5.32 Å². The molecule has 82 valence electrons. The van der Waals surface area contributed by atoms with E-state index >= 15 is 0 Å². The normalized spacial score (nSPS) is 31.1. The van der Waals surface area contributed by atoms with Gasteiger partial charge in [0.05, 0.1) is 0 Å². The zero-order valence-electron chi connectivity index (χ0n) is 9.17. The van der Waals surface area contributed by atoms with E-state index in [0.717, 1.165) is 11.3 Å². The number of rotatable bonds is 3. The molecule has 1 aliphatic carbocycles. The first-order valence-electron chi connectivity index (χ1n) is 5.88. The smallest absolute Gasteiger partial charge is 0.0286 e. The van der Waals surface area contributed by atoms with Gasteiger partial charge in [0.25, 0.3) is 0 Å². The standard InChI is InChI=1S/C11H22N2S/c1-13-7-6-12-10(8-13)9-14-11-4-2-3-5-11/h10-12H,2-9H2,1H3. The SMILES string of the molecule is CN1CCNC(CSC2CCCC2)C1. The summed E-state index contributed by atoms with van der Waals surface area (Å²) in [5, 5.41) is 4.59. The van der Waals surface area contributed by atoms with Crippen molar-refractivity contribution in [2.45, 2.75) is 37.0 Å². The van der Waals surface area contributed by atoms with E-state index in [1.807, 2.05) is 0 Å². The Kier molecular flexibility index (Phi) is 4.14. The van der Waals surface area contributed by atoms with E-state index in [0.29, 0.717) is 0 Å². The zero-order chi connectivity index (χ0) is 9.80. The molecule has 0 aromatic carbocycles. The first-order chi connectivity index (χ1) is 6.84. The van der Waals surface area contributed by atoms with Crippen molar-refractivity contribution >= 4 is 11.8 Å². The summed E-state index contributed by atoms with van der Waals surface area (Å²) in [6.45, 7) is 3.62. The van der Waals surface area contributed by atoms with E-state index in [9.17, 15) is 0 Å². The van der Waals surface area contributed by atoms with Crippen LogP contribution in [0.2, 0.25) is 0 Å². The summed E-state index contributed by atoms with van der Waals surface area (Å²) >= 11 is 2.20. The number of nitrogens with one attached hydrogen (secondary N) is 1. The molecule has 0 aromatic heterocycles. The molecule has 1 atom stereocenters. The van der Waals surface area contributed by atoms with Crippen LogP contribution >= 0.6 is 11.8 Å². The van der Waals surface area contributed by atoms with Gasteiger partial charge >= 0.3 is 0 Å². The molecule has 0 spiro atoms. The van der Waals surface area contributed by atoms with Gasteiger partial charge in [-0.05, 0) is 19.9 Å². The first kappa shape index (κ1) is 10.8. The minimum absolute atomic E-state index is 0.736. The highest BCUT2D eigenvalue weighted by atomic mass is 32.2. The third-order valence-electron chi connectivity index (χ3n) is 3.29. The van der Waals surface area contributed by atoms with E-state index in [2.05, 4.69) is 29.0 Å². The molecule has 1 aliphatic heterocycles.